The number of carbonyl (C=O) groups excluding carboxylic acids is 3. The van der Waals surface area contributed by atoms with Crippen molar-refractivity contribution in [3.63, 3.8) is 0 Å². The molecule has 2 aromatic carbocycles. The van der Waals surface area contributed by atoms with Crippen molar-refractivity contribution < 1.29 is 23.9 Å². The van der Waals surface area contributed by atoms with Gasteiger partial charge in [0.25, 0.3) is 5.91 Å². The van der Waals surface area contributed by atoms with E-state index in [0.29, 0.717) is 47.4 Å². The lowest BCUT2D eigenvalue weighted by molar-refractivity contribution is -0.134. The van der Waals surface area contributed by atoms with Gasteiger partial charge < -0.3 is 20.1 Å². The number of imide groups is 1. The molecule has 0 bridgehead atoms. The Morgan fingerprint density at radius 1 is 1.13 bits per heavy atom. The van der Waals surface area contributed by atoms with Crippen LogP contribution in [0.1, 0.15) is 18.9 Å². The normalized spacial score (nSPS) is 19.9. The number of hydrogen-bond donors (Lipinski definition) is 2. The summed E-state index contributed by atoms with van der Waals surface area (Å²) in [5.41, 5.74) is -0.366. The number of amides is 4. The number of nitrogens with one attached hydrogen (secondary N) is 2. The van der Waals surface area contributed by atoms with Gasteiger partial charge in [-0.15, -0.1) is 0 Å². The molecule has 0 radical (unpaired) electrons. The third kappa shape index (κ3) is 3.88. The van der Waals surface area contributed by atoms with E-state index in [4.69, 9.17) is 32.7 Å². The maximum atomic E-state index is 13.2. The standard InChI is InChI=1S/C21H19Cl2N3O5/c1-2-21(12-3-5-13(22)6-4-12)19(28)26(20(29)25-21)11-18(27)24-15-10-17-16(9-14(15)23)30-7-8-31-17/h3-6,9-10H,2,7-8,11H2,1H3,(H,24,27)(H,25,29). The van der Waals surface area contributed by atoms with Gasteiger partial charge in [0.05, 0.1) is 10.7 Å². The van der Waals surface area contributed by atoms with Crippen LogP contribution in [0.4, 0.5) is 10.5 Å². The molecular weight excluding hydrogens is 445 g/mol. The molecule has 1 fully saturated rings. The smallest absolute Gasteiger partial charge is 0.325 e. The largest absolute Gasteiger partial charge is 0.486 e. The molecule has 1 saturated heterocycles. The summed E-state index contributed by atoms with van der Waals surface area (Å²) in [6.45, 7) is 2.11. The molecule has 4 rings (SSSR count). The second-order valence-electron chi connectivity index (χ2n) is 7.11. The topological polar surface area (TPSA) is 97.0 Å². The summed E-state index contributed by atoms with van der Waals surface area (Å²) in [4.78, 5) is 39.3. The molecule has 0 aliphatic carbocycles. The first kappa shape index (κ1) is 21.3. The van der Waals surface area contributed by atoms with Crippen molar-refractivity contribution in [1.82, 2.24) is 10.2 Å². The van der Waals surface area contributed by atoms with Crippen LogP contribution in [0.5, 0.6) is 11.5 Å². The van der Waals surface area contributed by atoms with E-state index >= 15 is 0 Å². The molecule has 2 heterocycles. The summed E-state index contributed by atoms with van der Waals surface area (Å²) in [5.74, 6) is -0.149. The number of urea groups is 1. The molecule has 8 nitrogen and oxygen atoms in total. The lowest BCUT2D eigenvalue weighted by Crippen LogP contribution is -2.44. The highest BCUT2D eigenvalue weighted by molar-refractivity contribution is 6.34. The molecule has 2 aliphatic rings. The molecule has 10 heteroatoms. The van der Waals surface area contributed by atoms with E-state index in [1.165, 1.54) is 0 Å². The minimum atomic E-state index is -1.25. The molecule has 31 heavy (non-hydrogen) atoms. The predicted octanol–water partition coefficient (Wildman–Crippen LogP) is 3.56. The quantitative estimate of drug-likeness (QED) is 0.660. The highest BCUT2D eigenvalue weighted by Crippen LogP contribution is 2.38. The average molecular weight is 464 g/mol. The predicted molar refractivity (Wildman–Crippen MR) is 115 cm³/mol. The van der Waals surface area contributed by atoms with Gasteiger partial charge in [-0.25, -0.2) is 4.79 Å². The van der Waals surface area contributed by atoms with Gasteiger partial charge >= 0.3 is 6.03 Å². The maximum Gasteiger partial charge on any atom is 0.325 e. The Balaban J connectivity index is 1.51. The van der Waals surface area contributed by atoms with Gasteiger partial charge in [-0.2, -0.15) is 0 Å². The first-order chi connectivity index (χ1) is 14.8. The number of benzene rings is 2. The van der Waals surface area contributed by atoms with Crippen molar-refractivity contribution in [2.75, 3.05) is 25.1 Å². The minimum absolute atomic E-state index is 0.249. The second-order valence-corrected chi connectivity index (χ2v) is 7.95. The van der Waals surface area contributed by atoms with Gasteiger partial charge in [0.15, 0.2) is 11.5 Å². The van der Waals surface area contributed by atoms with Crippen LogP contribution >= 0.6 is 23.2 Å². The van der Waals surface area contributed by atoms with Gasteiger partial charge in [0.1, 0.15) is 25.3 Å². The Bertz CT molecular complexity index is 1060. The zero-order chi connectivity index (χ0) is 22.2. The first-order valence-corrected chi connectivity index (χ1v) is 10.4. The van der Waals surface area contributed by atoms with Crippen molar-refractivity contribution >= 4 is 46.7 Å². The Labute approximate surface area is 188 Å². The Kier molecular flexibility index (Phi) is 5.68. The number of rotatable bonds is 5. The van der Waals surface area contributed by atoms with Gasteiger partial charge in [-0.05, 0) is 24.1 Å². The van der Waals surface area contributed by atoms with Crippen LogP contribution in [-0.4, -0.2) is 42.5 Å². The van der Waals surface area contributed by atoms with Crippen molar-refractivity contribution in [1.29, 1.82) is 0 Å². The lowest BCUT2D eigenvalue weighted by Gasteiger charge is -2.25. The van der Waals surface area contributed by atoms with Crippen molar-refractivity contribution in [3.8, 4) is 11.5 Å². The van der Waals surface area contributed by atoms with Crippen LogP contribution in [0, 0.1) is 0 Å². The van der Waals surface area contributed by atoms with Crippen LogP contribution in [-0.2, 0) is 15.1 Å². The number of halogens is 2. The zero-order valence-electron chi connectivity index (χ0n) is 16.5. The van der Waals surface area contributed by atoms with Crippen molar-refractivity contribution in [3.05, 3.63) is 52.0 Å². The number of fused-ring (bicyclic) bond motifs is 1. The van der Waals surface area contributed by atoms with Crippen LogP contribution in [0.15, 0.2) is 36.4 Å². The van der Waals surface area contributed by atoms with Crippen LogP contribution in [0.2, 0.25) is 10.0 Å². The molecule has 162 valence electrons. The molecule has 1 unspecified atom stereocenters. The van der Waals surface area contributed by atoms with Crippen LogP contribution in [0.3, 0.4) is 0 Å². The maximum absolute atomic E-state index is 13.2. The third-order valence-electron chi connectivity index (χ3n) is 5.25. The highest BCUT2D eigenvalue weighted by atomic mass is 35.5. The minimum Gasteiger partial charge on any atom is -0.486 e. The average Bonchev–Trinajstić information content (AvgIpc) is 3.00. The molecule has 4 amide bonds. The fourth-order valence-corrected chi connectivity index (χ4v) is 3.96. The van der Waals surface area contributed by atoms with Crippen LogP contribution in [0.25, 0.3) is 0 Å². The van der Waals surface area contributed by atoms with E-state index in [1.807, 2.05) is 0 Å². The van der Waals surface area contributed by atoms with Crippen molar-refractivity contribution in [2.45, 2.75) is 18.9 Å². The summed E-state index contributed by atoms with van der Waals surface area (Å²) in [7, 11) is 0. The molecule has 0 spiro atoms. The number of anilines is 1. The lowest BCUT2D eigenvalue weighted by atomic mass is 9.87. The molecule has 2 N–H and O–H groups in total. The molecule has 1 atom stereocenters. The first-order valence-electron chi connectivity index (χ1n) is 9.63. The Hall–Kier alpha value is -2.97. The Morgan fingerprint density at radius 2 is 1.77 bits per heavy atom. The molecule has 0 saturated carbocycles. The van der Waals surface area contributed by atoms with Crippen molar-refractivity contribution in [2.24, 2.45) is 0 Å². The number of nitrogens with zero attached hydrogens (tertiary/aromatic N) is 1. The van der Waals surface area contributed by atoms with Gasteiger partial charge in [-0.3, -0.25) is 14.5 Å². The summed E-state index contributed by atoms with van der Waals surface area (Å²) >= 11 is 12.2. The summed E-state index contributed by atoms with van der Waals surface area (Å²) in [5, 5.41) is 6.11. The van der Waals surface area contributed by atoms with E-state index < -0.39 is 29.9 Å². The second kappa shape index (κ2) is 8.28. The molecule has 2 aromatic rings. The molecular formula is C21H19Cl2N3O5. The van der Waals surface area contributed by atoms with E-state index in [9.17, 15) is 14.4 Å². The van der Waals surface area contributed by atoms with Gasteiger partial charge in [0, 0.05) is 17.2 Å². The fourth-order valence-electron chi connectivity index (χ4n) is 3.64. The van der Waals surface area contributed by atoms with Gasteiger partial charge in [-0.1, -0.05) is 42.3 Å². The van der Waals surface area contributed by atoms with Crippen LogP contribution < -0.4 is 20.1 Å². The summed E-state index contributed by atoms with van der Waals surface area (Å²) < 4.78 is 10.9. The van der Waals surface area contributed by atoms with E-state index in [0.717, 1.165) is 4.90 Å². The fraction of sp³-hybridized carbons (Fsp3) is 0.286. The number of hydrogen-bond acceptors (Lipinski definition) is 5. The van der Waals surface area contributed by atoms with Gasteiger partial charge in [0.2, 0.25) is 5.91 Å². The SMILES string of the molecule is CCC1(c2ccc(Cl)cc2)NC(=O)N(CC(=O)Nc2cc3c(cc2Cl)OCCO3)C1=O. The Morgan fingerprint density at radius 3 is 2.42 bits per heavy atom. The summed E-state index contributed by atoms with van der Waals surface area (Å²) in [6.07, 6.45) is 0.311. The van der Waals surface area contributed by atoms with E-state index in [-0.39, 0.29) is 5.02 Å². The molecule has 0 aromatic heterocycles. The highest BCUT2D eigenvalue weighted by Gasteiger charge is 2.51. The monoisotopic (exact) mass is 463 g/mol. The van der Waals surface area contributed by atoms with E-state index in [2.05, 4.69) is 10.6 Å². The third-order valence-corrected chi connectivity index (χ3v) is 5.82. The number of carbonyl (C=O) groups is 3. The molecule has 2 aliphatic heterocycles. The number of ether oxygens (including phenoxy) is 2. The van der Waals surface area contributed by atoms with E-state index in [1.54, 1.807) is 43.3 Å². The summed E-state index contributed by atoms with van der Waals surface area (Å²) in [6, 6.07) is 9.10. The zero-order valence-corrected chi connectivity index (χ0v) is 18.0.